The molecular weight excluding hydrogens is 362 g/mol. The first-order chi connectivity index (χ1) is 14.0. The Labute approximate surface area is 173 Å². The number of amides is 2. The molecule has 0 saturated heterocycles. The van der Waals surface area contributed by atoms with E-state index in [2.05, 4.69) is 17.6 Å². The predicted molar refractivity (Wildman–Crippen MR) is 120 cm³/mol. The summed E-state index contributed by atoms with van der Waals surface area (Å²) in [6.07, 6.45) is 6.02. The fourth-order valence-electron chi connectivity index (χ4n) is 2.83. The van der Waals surface area contributed by atoms with Gasteiger partial charge in [-0.3, -0.25) is 9.59 Å². The fraction of sp³-hybridized carbons (Fsp3) is 0.333. The molecule has 0 unspecified atom stereocenters. The molecule has 0 bridgehead atoms. The van der Waals surface area contributed by atoms with E-state index < -0.39 is 0 Å². The first kappa shape index (κ1) is 22.2. The summed E-state index contributed by atoms with van der Waals surface area (Å²) in [6.45, 7) is 2.75. The van der Waals surface area contributed by atoms with Crippen molar-refractivity contribution in [1.29, 1.82) is 0 Å². The van der Waals surface area contributed by atoms with Crippen LogP contribution in [0.5, 0.6) is 0 Å². The standard InChI is InChI=1S/C24H31N3O2/c1-4-5-6-10-17-25-24(29)22(26-23(28)20-11-8-7-9-12-20)18-19-13-15-21(16-14-19)27(2)3/h7-9,11-16,18H,4-6,10,17H2,1-3H3,(H,25,29)(H,26,28). The number of anilines is 1. The highest BCUT2D eigenvalue weighted by molar-refractivity contribution is 6.05. The molecule has 0 aliphatic heterocycles. The van der Waals surface area contributed by atoms with Crippen LogP contribution in [-0.4, -0.2) is 32.5 Å². The molecule has 0 spiro atoms. The average molecular weight is 394 g/mol. The van der Waals surface area contributed by atoms with Gasteiger partial charge in [0.2, 0.25) is 0 Å². The lowest BCUT2D eigenvalue weighted by molar-refractivity contribution is -0.117. The second kappa shape index (κ2) is 11.7. The van der Waals surface area contributed by atoms with Gasteiger partial charge < -0.3 is 15.5 Å². The van der Waals surface area contributed by atoms with Gasteiger partial charge in [0.15, 0.2) is 0 Å². The Balaban J connectivity index is 2.15. The molecule has 2 rings (SSSR count). The first-order valence-corrected chi connectivity index (χ1v) is 10.1. The van der Waals surface area contributed by atoms with Crippen molar-refractivity contribution in [3.05, 3.63) is 71.4 Å². The van der Waals surface area contributed by atoms with E-state index in [9.17, 15) is 9.59 Å². The summed E-state index contributed by atoms with van der Waals surface area (Å²) in [5.41, 5.74) is 2.67. The van der Waals surface area contributed by atoms with Crippen LogP contribution in [0.4, 0.5) is 5.69 Å². The summed E-state index contributed by atoms with van der Waals surface area (Å²) in [7, 11) is 3.95. The quantitative estimate of drug-likeness (QED) is 0.469. The van der Waals surface area contributed by atoms with E-state index in [1.807, 2.05) is 49.3 Å². The maximum absolute atomic E-state index is 12.7. The molecule has 29 heavy (non-hydrogen) atoms. The molecule has 0 fully saturated rings. The van der Waals surface area contributed by atoms with Gasteiger partial charge in [0.05, 0.1) is 0 Å². The van der Waals surface area contributed by atoms with E-state index in [-0.39, 0.29) is 17.5 Å². The number of hydrogen-bond acceptors (Lipinski definition) is 3. The van der Waals surface area contributed by atoms with Crippen LogP contribution in [0.25, 0.3) is 6.08 Å². The van der Waals surface area contributed by atoms with E-state index in [0.29, 0.717) is 12.1 Å². The molecule has 0 aliphatic rings. The van der Waals surface area contributed by atoms with Crippen LogP contribution in [0.3, 0.4) is 0 Å². The van der Waals surface area contributed by atoms with Crippen LogP contribution in [0.15, 0.2) is 60.3 Å². The van der Waals surface area contributed by atoms with Gasteiger partial charge >= 0.3 is 0 Å². The monoisotopic (exact) mass is 393 g/mol. The number of benzene rings is 2. The van der Waals surface area contributed by atoms with Crippen molar-refractivity contribution < 1.29 is 9.59 Å². The van der Waals surface area contributed by atoms with Crippen molar-refractivity contribution in [2.75, 3.05) is 25.5 Å². The van der Waals surface area contributed by atoms with E-state index in [1.54, 1.807) is 30.3 Å². The van der Waals surface area contributed by atoms with Gasteiger partial charge in [-0.2, -0.15) is 0 Å². The lowest BCUT2D eigenvalue weighted by Crippen LogP contribution is -2.35. The average Bonchev–Trinajstić information content (AvgIpc) is 2.74. The van der Waals surface area contributed by atoms with Crippen molar-refractivity contribution in [2.45, 2.75) is 32.6 Å². The van der Waals surface area contributed by atoms with Gasteiger partial charge in [0.25, 0.3) is 11.8 Å². The zero-order valence-corrected chi connectivity index (χ0v) is 17.6. The largest absolute Gasteiger partial charge is 0.378 e. The molecule has 2 amide bonds. The maximum Gasteiger partial charge on any atom is 0.267 e. The highest BCUT2D eigenvalue weighted by atomic mass is 16.2. The normalized spacial score (nSPS) is 11.1. The Kier molecular flexibility index (Phi) is 8.96. The van der Waals surface area contributed by atoms with Crippen LogP contribution in [0.1, 0.15) is 48.5 Å². The summed E-state index contributed by atoms with van der Waals surface area (Å²) in [5, 5.41) is 5.69. The Morgan fingerprint density at radius 2 is 1.62 bits per heavy atom. The summed E-state index contributed by atoms with van der Waals surface area (Å²) in [4.78, 5) is 27.3. The van der Waals surface area contributed by atoms with Gasteiger partial charge in [0.1, 0.15) is 5.70 Å². The van der Waals surface area contributed by atoms with E-state index in [1.165, 1.54) is 0 Å². The first-order valence-electron chi connectivity index (χ1n) is 10.1. The minimum atomic E-state index is -0.303. The van der Waals surface area contributed by atoms with Crippen molar-refractivity contribution in [1.82, 2.24) is 10.6 Å². The number of carbonyl (C=O) groups excluding carboxylic acids is 2. The summed E-state index contributed by atoms with van der Waals surface area (Å²) in [6, 6.07) is 16.7. The van der Waals surface area contributed by atoms with E-state index in [0.717, 1.165) is 36.9 Å². The zero-order valence-electron chi connectivity index (χ0n) is 17.6. The van der Waals surface area contributed by atoms with Crippen molar-refractivity contribution in [3.8, 4) is 0 Å². The molecule has 0 heterocycles. The summed E-state index contributed by atoms with van der Waals surface area (Å²) < 4.78 is 0. The van der Waals surface area contributed by atoms with Gasteiger partial charge in [-0.05, 0) is 42.3 Å². The van der Waals surface area contributed by atoms with Gasteiger partial charge in [-0.1, -0.05) is 56.5 Å². The third kappa shape index (κ3) is 7.45. The zero-order chi connectivity index (χ0) is 21.1. The van der Waals surface area contributed by atoms with Gasteiger partial charge in [-0.25, -0.2) is 0 Å². The van der Waals surface area contributed by atoms with Crippen LogP contribution in [0.2, 0.25) is 0 Å². The molecular formula is C24H31N3O2. The predicted octanol–water partition coefficient (Wildman–Crippen LogP) is 4.22. The topological polar surface area (TPSA) is 61.4 Å². The molecule has 5 nitrogen and oxygen atoms in total. The number of carbonyl (C=O) groups is 2. The molecule has 2 aromatic rings. The summed E-state index contributed by atoms with van der Waals surface area (Å²) in [5.74, 6) is -0.578. The number of hydrogen-bond donors (Lipinski definition) is 2. The maximum atomic E-state index is 12.7. The number of rotatable bonds is 10. The highest BCUT2D eigenvalue weighted by Crippen LogP contribution is 2.14. The Morgan fingerprint density at radius 3 is 2.24 bits per heavy atom. The lowest BCUT2D eigenvalue weighted by atomic mass is 10.1. The fourth-order valence-corrected chi connectivity index (χ4v) is 2.83. The smallest absolute Gasteiger partial charge is 0.267 e. The molecule has 0 atom stereocenters. The molecule has 0 saturated carbocycles. The number of nitrogens with one attached hydrogen (secondary N) is 2. The minimum absolute atomic E-state index is 0.243. The second-order valence-electron chi connectivity index (χ2n) is 7.18. The Bertz CT molecular complexity index is 812. The van der Waals surface area contributed by atoms with E-state index >= 15 is 0 Å². The third-order valence-corrected chi connectivity index (χ3v) is 4.57. The number of unbranched alkanes of at least 4 members (excludes halogenated alkanes) is 3. The SMILES string of the molecule is CCCCCCNC(=O)C(=Cc1ccc(N(C)C)cc1)NC(=O)c1ccccc1. The molecule has 2 N–H and O–H groups in total. The molecule has 2 aromatic carbocycles. The van der Waals surface area contributed by atoms with Gasteiger partial charge in [-0.15, -0.1) is 0 Å². The highest BCUT2D eigenvalue weighted by Gasteiger charge is 2.14. The van der Waals surface area contributed by atoms with E-state index in [4.69, 9.17) is 0 Å². The van der Waals surface area contributed by atoms with Crippen LogP contribution in [0, 0.1) is 0 Å². The lowest BCUT2D eigenvalue weighted by Gasteiger charge is -2.13. The molecule has 5 heteroatoms. The second-order valence-corrected chi connectivity index (χ2v) is 7.18. The molecule has 0 radical (unpaired) electrons. The van der Waals surface area contributed by atoms with Crippen molar-refractivity contribution >= 4 is 23.6 Å². The number of nitrogens with zero attached hydrogens (tertiary/aromatic N) is 1. The Hall–Kier alpha value is -3.08. The van der Waals surface area contributed by atoms with Crippen LogP contribution in [-0.2, 0) is 4.79 Å². The van der Waals surface area contributed by atoms with Crippen molar-refractivity contribution in [3.63, 3.8) is 0 Å². The summed E-state index contributed by atoms with van der Waals surface area (Å²) >= 11 is 0. The minimum Gasteiger partial charge on any atom is -0.378 e. The molecule has 154 valence electrons. The third-order valence-electron chi connectivity index (χ3n) is 4.57. The molecule has 0 aliphatic carbocycles. The van der Waals surface area contributed by atoms with Gasteiger partial charge in [0, 0.05) is 31.9 Å². The van der Waals surface area contributed by atoms with Crippen molar-refractivity contribution in [2.24, 2.45) is 0 Å². The molecule has 0 aromatic heterocycles. The van der Waals surface area contributed by atoms with Crippen LogP contribution >= 0.6 is 0 Å². The van der Waals surface area contributed by atoms with Crippen LogP contribution < -0.4 is 15.5 Å². The Morgan fingerprint density at radius 1 is 0.931 bits per heavy atom.